The number of nitrogens with zero attached hydrogens (tertiary/aromatic N) is 3. The van der Waals surface area contributed by atoms with Gasteiger partial charge in [0.05, 0.1) is 33.9 Å². The highest BCUT2D eigenvalue weighted by molar-refractivity contribution is 7.90. The fourth-order valence-electron chi connectivity index (χ4n) is 4.83. The molecule has 1 amide bonds. The second-order valence-corrected chi connectivity index (χ2v) is 20.0. The van der Waals surface area contributed by atoms with Crippen LogP contribution in [0.4, 0.5) is 0 Å². The second kappa shape index (κ2) is 10.8. The molecule has 0 spiro atoms. The third kappa shape index (κ3) is 5.78. The predicted octanol–water partition coefficient (Wildman–Crippen LogP) is 5.84. The average Bonchev–Trinajstić information content (AvgIpc) is 3.38. The Labute approximate surface area is 256 Å². The molecular weight excluding hydrogens is 601 g/mol. The summed E-state index contributed by atoms with van der Waals surface area (Å²) in [5.41, 5.74) is 5.24. The molecule has 3 aromatic heterocycles. The first kappa shape index (κ1) is 29.3. The number of hydrogen-bond acceptors (Lipinski definition) is 8. The van der Waals surface area contributed by atoms with Gasteiger partial charge in [-0.3, -0.25) is 4.79 Å². The maximum absolute atomic E-state index is 14.2. The fraction of sp³-hybridized carbons (Fsp3) is 0.323. The van der Waals surface area contributed by atoms with Gasteiger partial charge in [0.15, 0.2) is 0 Å². The molecule has 1 N–H and O–H groups in total. The first-order valence-corrected chi connectivity index (χ1v) is 20.0. The number of rotatable bonds is 10. The van der Waals surface area contributed by atoms with Crippen LogP contribution in [0.15, 0.2) is 68.8 Å². The summed E-state index contributed by atoms with van der Waals surface area (Å²) in [6, 6.07) is 14.1. The molecule has 0 bridgehead atoms. The molecule has 1 aliphatic rings. The summed E-state index contributed by atoms with van der Waals surface area (Å²) >= 11 is 1.47. The van der Waals surface area contributed by atoms with Crippen molar-refractivity contribution in [1.82, 2.24) is 19.4 Å². The van der Waals surface area contributed by atoms with Gasteiger partial charge < -0.3 is 14.6 Å². The molecule has 9 nitrogen and oxygen atoms in total. The normalized spacial score (nSPS) is 14.6. The van der Waals surface area contributed by atoms with Crippen LogP contribution in [0.5, 0.6) is 5.75 Å². The van der Waals surface area contributed by atoms with Gasteiger partial charge >= 0.3 is 0 Å². The van der Waals surface area contributed by atoms with E-state index >= 15 is 0 Å². The van der Waals surface area contributed by atoms with Gasteiger partial charge in [-0.2, -0.15) is 0 Å². The van der Waals surface area contributed by atoms with Crippen LogP contribution in [0.2, 0.25) is 19.6 Å². The molecule has 0 radical (unpaired) electrons. The Kier molecular flexibility index (Phi) is 7.34. The van der Waals surface area contributed by atoms with Crippen molar-refractivity contribution in [3.05, 3.63) is 76.4 Å². The number of amides is 1. The van der Waals surface area contributed by atoms with E-state index in [-0.39, 0.29) is 24.0 Å². The molecule has 3 heterocycles. The lowest BCUT2D eigenvalue weighted by Crippen LogP contribution is -2.36. The van der Waals surface area contributed by atoms with Crippen LogP contribution >= 0.6 is 11.3 Å². The third-order valence-electron chi connectivity index (χ3n) is 7.85. The van der Waals surface area contributed by atoms with E-state index in [9.17, 15) is 13.2 Å². The van der Waals surface area contributed by atoms with Crippen molar-refractivity contribution >= 4 is 51.6 Å². The van der Waals surface area contributed by atoms with E-state index in [1.54, 1.807) is 35.8 Å². The van der Waals surface area contributed by atoms with Crippen molar-refractivity contribution in [3.63, 3.8) is 0 Å². The zero-order valence-electron chi connectivity index (χ0n) is 24.8. The maximum atomic E-state index is 14.2. The number of ether oxygens (including phenoxy) is 1. The first-order valence-electron chi connectivity index (χ1n) is 14.1. The number of aromatic nitrogens is 3. The largest absolute Gasteiger partial charge is 0.486 e. The van der Waals surface area contributed by atoms with Gasteiger partial charge in [-0.15, -0.1) is 11.3 Å². The van der Waals surface area contributed by atoms with Crippen molar-refractivity contribution in [2.45, 2.75) is 64.4 Å². The molecule has 0 saturated heterocycles. The number of benzene rings is 2. The van der Waals surface area contributed by atoms with Crippen molar-refractivity contribution in [2.75, 3.05) is 0 Å². The SMILES string of the molecule is Cc1ccc(S(=O)(=O)n2c(CNC(=O)C3(C)CC3)cc3cc(-c4cc([Si](C)(C)C)on4)c(OCc4cscn4)cc32)cc1. The highest BCUT2D eigenvalue weighted by Crippen LogP contribution is 2.45. The van der Waals surface area contributed by atoms with Gasteiger partial charge in [0, 0.05) is 33.9 Å². The van der Waals surface area contributed by atoms with Crippen LogP contribution in [0.25, 0.3) is 22.2 Å². The van der Waals surface area contributed by atoms with Crippen LogP contribution in [0, 0.1) is 12.3 Å². The number of carbonyl (C=O) groups excluding carboxylic acids is 1. The molecule has 5 aromatic rings. The Morgan fingerprint density at radius 1 is 1.14 bits per heavy atom. The molecule has 1 fully saturated rings. The molecule has 2 aromatic carbocycles. The Bertz CT molecular complexity index is 1920. The number of thiazole rings is 1. The zero-order chi connectivity index (χ0) is 30.6. The summed E-state index contributed by atoms with van der Waals surface area (Å²) < 4.78 is 41.7. The minimum absolute atomic E-state index is 0.0578. The topological polar surface area (TPSA) is 116 Å². The Balaban J connectivity index is 1.51. The van der Waals surface area contributed by atoms with E-state index in [4.69, 9.17) is 9.26 Å². The van der Waals surface area contributed by atoms with Crippen molar-refractivity contribution < 1.29 is 22.5 Å². The standard InChI is InChI=1S/C31H34N4O5S2Si/c1-20-6-8-24(9-7-20)42(37,38)35-23(16-32-30(36)31(2)10-11-31)12-21-13-25(26-14-29(40-34-26)43(3,4)5)28(15-27(21)35)39-17-22-18-41-19-33-22/h6-9,12-15,18-19H,10-11,16-17H2,1-5H3,(H,32,36). The van der Waals surface area contributed by atoms with Crippen LogP contribution in [-0.4, -0.2) is 36.5 Å². The summed E-state index contributed by atoms with van der Waals surface area (Å²) in [7, 11) is -5.82. The minimum atomic E-state index is -4.03. The van der Waals surface area contributed by atoms with Gasteiger partial charge in [0.25, 0.3) is 10.0 Å². The van der Waals surface area contributed by atoms with Gasteiger partial charge in [-0.1, -0.05) is 49.4 Å². The number of fused-ring (bicyclic) bond motifs is 1. The summed E-state index contributed by atoms with van der Waals surface area (Å²) in [4.78, 5) is 17.3. The summed E-state index contributed by atoms with van der Waals surface area (Å²) in [5.74, 6) is 0.377. The monoisotopic (exact) mass is 634 g/mol. The summed E-state index contributed by atoms with van der Waals surface area (Å²) in [5, 5.41) is 10.8. The van der Waals surface area contributed by atoms with Crippen LogP contribution in [0.1, 0.15) is 36.7 Å². The quantitative estimate of drug-likeness (QED) is 0.192. The maximum Gasteiger partial charge on any atom is 0.268 e. The molecule has 0 unspecified atom stereocenters. The Hall–Kier alpha value is -3.74. The molecule has 6 rings (SSSR count). The van der Waals surface area contributed by atoms with E-state index in [0.717, 1.165) is 29.5 Å². The van der Waals surface area contributed by atoms with E-state index in [0.29, 0.717) is 33.6 Å². The van der Waals surface area contributed by atoms with E-state index in [1.807, 2.05) is 37.4 Å². The average molecular weight is 635 g/mol. The van der Waals surface area contributed by atoms with Crippen molar-refractivity contribution in [2.24, 2.45) is 5.41 Å². The number of carbonyl (C=O) groups is 1. The van der Waals surface area contributed by atoms with Gasteiger partial charge in [-0.05, 0) is 44.0 Å². The number of nitrogens with one attached hydrogen (secondary N) is 1. The van der Waals surface area contributed by atoms with E-state index in [2.05, 4.69) is 35.1 Å². The zero-order valence-corrected chi connectivity index (χ0v) is 27.4. The minimum Gasteiger partial charge on any atom is -0.486 e. The molecule has 224 valence electrons. The molecule has 0 aliphatic heterocycles. The lowest BCUT2D eigenvalue weighted by molar-refractivity contribution is -0.125. The molecule has 0 atom stereocenters. The third-order valence-corrected chi connectivity index (χ3v) is 12.0. The Morgan fingerprint density at radius 3 is 2.51 bits per heavy atom. The molecule has 1 aliphatic carbocycles. The molecule has 43 heavy (non-hydrogen) atoms. The lowest BCUT2D eigenvalue weighted by atomic mass is 10.1. The highest BCUT2D eigenvalue weighted by Gasteiger charge is 2.44. The van der Waals surface area contributed by atoms with Crippen molar-refractivity contribution in [1.29, 1.82) is 0 Å². The molecule has 12 heteroatoms. The van der Waals surface area contributed by atoms with E-state index < -0.39 is 23.5 Å². The Morgan fingerprint density at radius 2 is 1.88 bits per heavy atom. The second-order valence-electron chi connectivity index (χ2n) is 12.5. The number of hydrogen-bond donors (Lipinski definition) is 1. The number of aryl methyl sites for hydroxylation is 1. The molecular formula is C31H34N4O5S2Si. The lowest BCUT2D eigenvalue weighted by Gasteiger charge is -2.15. The highest BCUT2D eigenvalue weighted by atomic mass is 32.2. The first-order chi connectivity index (χ1) is 20.3. The fourth-order valence-corrected chi connectivity index (χ4v) is 7.79. The van der Waals surface area contributed by atoms with Crippen LogP contribution < -0.4 is 15.4 Å². The smallest absolute Gasteiger partial charge is 0.268 e. The van der Waals surface area contributed by atoms with E-state index in [1.165, 1.54) is 15.3 Å². The molecule has 1 saturated carbocycles. The van der Waals surface area contributed by atoms with Crippen LogP contribution in [0.3, 0.4) is 0 Å². The van der Waals surface area contributed by atoms with Gasteiger partial charge in [0.2, 0.25) is 5.91 Å². The van der Waals surface area contributed by atoms with Gasteiger partial charge in [-0.25, -0.2) is 17.4 Å². The summed E-state index contributed by atoms with van der Waals surface area (Å²) in [6.45, 7) is 10.6. The van der Waals surface area contributed by atoms with Crippen molar-refractivity contribution in [3.8, 4) is 17.0 Å². The van der Waals surface area contributed by atoms with Gasteiger partial charge in [0.1, 0.15) is 31.5 Å². The van der Waals surface area contributed by atoms with Crippen LogP contribution in [-0.2, 0) is 28.0 Å². The summed E-state index contributed by atoms with van der Waals surface area (Å²) in [6.07, 6.45) is 1.65. The predicted molar refractivity (Wildman–Crippen MR) is 170 cm³/mol.